The molecule has 166 valence electrons. The van der Waals surface area contributed by atoms with Crippen LogP contribution in [-0.4, -0.2) is 23.6 Å². The molecule has 2 amide bonds. The van der Waals surface area contributed by atoms with Crippen LogP contribution in [0.2, 0.25) is 5.02 Å². The summed E-state index contributed by atoms with van der Waals surface area (Å²) in [6.07, 6.45) is 0. The number of carbonyl (C=O) groups excluding carboxylic acids is 2. The number of urea groups is 1. The van der Waals surface area contributed by atoms with Crippen molar-refractivity contribution in [2.75, 3.05) is 16.8 Å². The van der Waals surface area contributed by atoms with Crippen molar-refractivity contribution >= 4 is 51.4 Å². The quantitative estimate of drug-likeness (QED) is 0.303. The Kier molecular flexibility index (Phi) is 7.02. The minimum Gasteiger partial charge on any atom is -0.462 e. The highest BCUT2D eigenvalue weighted by molar-refractivity contribution is 7.14. The first-order valence-electron chi connectivity index (χ1n) is 10.2. The lowest BCUT2D eigenvalue weighted by molar-refractivity contribution is 0.0527. The van der Waals surface area contributed by atoms with Crippen molar-refractivity contribution in [3.05, 3.63) is 94.8 Å². The molecule has 4 aromatic rings. The van der Waals surface area contributed by atoms with Crippen molar-refractivity contribution in [2.45, 2.75) is 6.92 Å². The number of carbonyl (C=O) groups is 2. The van der Waals surface area contributed by atoms with E-state index in [0.29, 0.717) is 38.3 Å². The van der Waals surface area contributed by atoms with Crippen LogP contribution in [0.25, 0.3) is 11.3 Å². The molecule has 3 aromatic carbocycles. The van der Waals surface area contributed by atoms with Gasteiger partial charge in [0.25, 0.3) is 0 Å². The molecule has 0 radical (unpaired) electrons. The van der Waals surface area contributed by atoms with Gasteiger partial charge in [-0.3, -0.25) is 0 Å². The van der Waals surface area contributed by atoms with Gasteiger partial charge >= 0.3 is 12.0 Å². The summed E-state index contributed by atoms with van der Waals surface area (Å²) in [5.74, 6) is -0.415. The van der Waals surface area contributed by atoms with Gasteiger partial charge in [0.05, 0.1) is 23.6 Å². The maximum absolute atomic E-state index is 13.3. The van der Waals surface area contributed by atoms with Crippen molar-refractivity contribution in [2.24, 2.45) is 0 Å². The molecule has 1 N–H and O–H groups in total. The van der Waals surface area contributed by atoms with Gasteiger partial charge in [-0.15, -0.1) is 11.3 Å². The fraction of sp³-hybridized carbons (Fsp3) is 0.0800. The maximum Gasteiger partial charge on any atom is 0.338 e. The van der Waals surface area contributed by atoms with Crippen molar-refractivity contribution in [3.63, 3.8) is 0 Å². The monoisotopic (exact) mass is 477 g/mol. The first-order chi connectivity index (χ1) is 16.1. The second kappa shape index (κ2) is 10.3. The smallest absolute Gasteiger partial charge is 0.338 e. The van der Waals surface area contributed by atoms with Crippen LogP contribution in [0.4, 0.5) is 21.3 Å². The van der Waals surface area contributed by atoms with E-state index in [2.05, 4.69) is 5.32 Å². The van der Waals surface area contributed by atoms with Gasteiger partial charge in [0, 0.05) is 21.7 Å². The molecule has 0 saturated carbocycles. The highest BCUT2D eigenvalue weighted by Crippen LogP contribution is 2.34. The Morgan fingerprint density at radius 1 is 1.03 bits per heavy atom. The van der Waals surface area contributed by atoms with E-state index in [1.54, 1.807) is 43.3 Å². The Hall–Kier alpha value is -3.68. The van der Waals surface area contributed by atoms with Gasteiger partial charge in [0.1, 0.15) is 0 Å². The minimum atomic E-state index is -0.415. The summed E-state index contributed by atoms with van der Waals surface area (Å²) in [6, 6.07) is 22.9. The highest BCUT2D eigenvalue weighted by atomic mass is 35.5. The lowest BCUT2D eigenvalue weighted by Gasteiger charge is -2.20. The van der Waals surface area contributed by atoms with Crippen LogP contribution in [0, 0.1) is 0 Å². The molecule has 4 rings (SSSR count). The van der Waals surface area contributed by atoms with Crippen LogP contribution in [0.3, 0.4) is 0 Å². The zero-order valence-corrected chi connectivity index (χ0v) is 19.3. The van der Waals surface area contributed by atoms with Crippen LogP contribution < -0.4 is 10.2 Å². The number of hydrogen-bond donors (Lipinski definition) is 1. The molecule has 0 aliphatic carbocycles. The molecule has 8 heteroatoms. The van der Waals surface area contributed by atoms with E-state index in [1.165, 1.54) is 16.2 Å². The molecule has 1 heterocycles. The van der Waals surface area contributed by atoms with Crippen LogP contribution in [0.15, 0.2) is 84.2 Å². The molecular weight excluding hydrogens is 458 g/mol. The van der Waals surface area contributed by atoms with E-state index in [9.17, 15) is 9.59 Å². The number of amides is 2. The van der Waals surface area contributed by atoms with Gasteiger partial charge in [-0.05, 0) is 43.3 Å². The molecule has 0 bridgehead atoms. The first kappa shape index (κ1) is 22.5. The fourth-order valence-electron chi connectivity index (χ4n) is 3.22. The highest BCUT2D eigenvalue weighted by Gasteiger charge is 2.23. The SMILES string of the molecule is CCOC(=O)c1ccccc1-c1csc(N(C(=O)Nc2cccc(Cl)c2)c2ccccc2)n1. The lowest BCUT2D eigenvalue weighted by Crippen LogP contribution is -2.30. The van der Waals surface area contributed by atoms with E-state index in [1.807, 2.05) is 47.8 Å². The molecule has 0 spiro atoms. The lowest BCUT2D eigenvalue weighted by atomic mass is 10.1. The van der Waals surface area contributed by atoms with Crippen molar-refractivity contribution in [1.29, 1.82) is 0 Å². The number of nitrogens with zero attached hydrogens (tertiary/aromatic N) is 2. The molecule has 6 nitrogen and oxygen atoms in total. The number of nitrogens with one attached hydrogen (secondary N) is 1. The molecule has 0 unspecified atom stereocenters. The predicted octanol–water partition coefficient (Wildman–Crippen LogP) is 7.01. The standard InChI is InChI=1S/C25H20ClN3O3S/c1-2-32-23(30)21-14-7-6-13-20(21)22-16-33-25(28-22)29(19-11-4-3-5-12-19)24(31)27-18-10-8-9-17(26)15-18/h3-16H,2H2,1H3,(H,27,31). The predicted molar refractivity (Wildman–Crippen MR) is 133 cm³/mol. The molecule has 1 aromatic heterocycles. The summed E-state index contributed by atoms with van der Waals surface area (Å²) < 4.78 is 5.18. The topological polar surface area (TPSA) is 71.5 Å². The number of para-hydroxylation sites is 1. The maximum atomic E-state index is 13.3. The van der Waals surface area contributed by atoms with Gasteiger partial charge in [-0.25, -0.2) is 19.5 Å². The third-order valence-corrected chi connectivity index (χ3v) is 5.74. The number of anilines is 3. The van der Waals surface area contributed by atoms with Gasteiger partial charge in [-0.1, -0.05) is 54.1 Å². The Morgan fingerprint density at radius 3 is 2.55 bits per heavy atom. The van der Waals surface area contributed by atoms with E-state index >= 15 is 0 Å². The third-order valence-electron chi connectivity index (χ3n) is 4.68. The molecular formula is C25H20ClN3O3S. The Morgan fingerprint density at radius 2 is 1.79 bits per heavy atom. The molecule has 0 aliphatic rings. The van der Waals surface area contributed by atoms with Crippen LogP contribution in [0.5, 0.6) is 0 Å². The largest absolute Gasteiger partial charge is 0.462 e. The minimum absolute atomic E-state index is 0.279. The number of aromatic nitrogens is 1. The zero-order valence-electron chi connectivity index (χ0n) is 17.7. The normalized spacial score (nSPS) is 10.5. The van der Waals surface area contributed by atoms with E-state index < -0.39 is 5.97 Å². The van der Waals surface area contributed by atoms with E-state index in [4.69, 9.17) is 21.3 Å². The number of benzene rings is 3. The Balaban J connectivity index is 1.70. The van der Waals surface area contributed by atoms with E-state index in [-0.39, 0.29) is 12.6 Å². The first-order valence-corrected chi connectivity index (χ1v) is 11.5. The Bertz CT molecular complexity index is 1280. The summed E-state index contributed by atoms with van der Waals surface area (Å²) in [5, 5.41) is 5.66. The molecule has 33 heavy (non-hydrogen) atoms. The summed E-state index contributed by atoms with van der Waals surface area (Å²) in [4.78, 5) is 31.9. The zero-order chi connectivity index (χ0) is 23.2. The number of hydrogen-bond acceptors (Lipinski definition) is 5. The fourth-order valence-corrected chi connectivity index (χ4v) is 4.25. The summed E-state index contributed by atoms with van der Waals surface area (Å²) in [6.45, 7) is 2.04. The molecule has 0 aliphatic heterocycles. The number of halogens is 1. The van der Waals surface area contributed by atoms with Gasteiger partial charge in [0.2, 0.25) is 0 Å². The second-order valence-corrected chi connectivity index (χ2v) is 8.17. The number of rotatable bonds is 6. The molecule has 0 atom stereocenters. The van der Waals surface area contributed by atoms with Crippen LogP contribution in [0.1, 0.15) is 17.3 Å². The van der Waals surface area contributed by atoms with Crippen molar-refractivity contribution in [1.82, 2.24) is 4.98 Å². The third kappa shape index (κ3) is 5.22. The van der Waals surface area contributed by atoms with Gasteiger partial charge in [-0.2, -0.15) is 0 Å². The van der Waals surface area contributed by atoms with Gasteiger partial charge < -0.3 is 10.1 Å². The Labute approximate surface area is 200 Å². The summed E-state index contributed by atoms with van der Waals surface area (Å²) in [7, 11) is 0. The van der Waals surface area contributed by atoms with Crippen molar-refractivity contribution in [3.8, 4) is 11.3 Å². The van der Waals surface area contributed by atoms with E-state index in [0.717, 1.165) is 0 Å². The molecule has 0 fully saturated rings. The summed E-state index contributed by atoms with van der Waals surface area (Å²) in [5.41, 5.74) is 2.86. The number of esters is 1. The summed E-state index contributed by atoms with van der Waals surface area (Å²) >= 11 is 7.36. The van der Waals surface area contributed by atoms with Crippen LogP contribution >= 0.6 is 22.9 Å². The number of ether oxygens (including phenoxy) is 1. The average molecular weight is 478 g/mol. The van der Waals surface area contributed by atoms with Gasteiger partial charge in [0.15, 0.2) is 5.13 Å². The number of thiazole rings is 1. The molecule has 0 saturated heterocycles. The second-order valence-electron chi connectivity index (χ2n) is 6.89. The average Bonchev–Trinajstić information content (AvgIpc) is 3.29. The van der Waals surface area contributed by atoms with Crippen molar-refractivity contribution < 1.29 is 14.3 Å². The van der Waals surface area contributed by atoms with Crippen LogP contribution in [-0.2, 0) is 4.74 Å².